The van der Waals surface area contributed by atoms with Crippen LogP contribution < -0.4 is 4.90 Å². The minimum atomic E-state index is -0.462. The van der Waals surface area contributed by atoms with E-state index in [4.69, 9.17) is 21.3 Å². The summed E-state index contributed by atoms with van der Waals surface area (Å²) in [6.45, 7) is 0.370. The van der Waals surface area contributed by atoms with Crippen molar-refractivity contribution in [2.75, 3.05) is 32.7 Å². The third-order valence-corrected chi connectivity index (χ3v) is 4.37. The normalized spacial score (nSPS) is 11.5. The summed E-state index contributed by atoms with van der Waals surface area (Å²) in [5.74, 6) is 0.898. The minimum Gasteiger partial charge on any atom is -0.499 e. The van der Waals surface area contributed by atoms with Gasteiger partial charge >= 0.3 is 5.97 Å². The largest absolute Gasteiger partial charge is 0.499 e. The number of halogens is 1. The lowest BCUT2D eigenvalue weighted by molar-refractivity contribution is -0.135. The van der Waals surface area contributed by atoms with Crippen molar-refractivity contribution in [1.82, 2.24) is 9.38 Å². The molecule has 3 aromatic rings. The molecule has 0 aliphatic carbocycles. The molecule has 140 valence electrons. The first kappa shape index (κ1) is 18.8. The van der Waals surface area contributed by atoms with Crippen molar-refractivity contribution < 1.29 is 14.3 Å². The number of fused-ring (bicyclic) bond motifs is 1. The van der Waals surface area contributed by atoms with Gasteiger partial charge in [-0.3, -0.25) is 4.40 Å². The Labute approximate surface area is 162 Å². The van der Waals surface area contributed by atoms with Gasteiger partial charge in [-0.25, -0.2) is 9.78 Å². The summed E-state index contributed by atoms with van der Waals surface area (Å²) in [6.07, 6.45) is 3.28. The number of hydrogen-bond donors (Lipinski definition) is 0. The van der Waals surface area contributed by atoms with Crippen molar-refractivity contribution in [3.8, 4) is 11.3 Å². The summed E-state index contributed by atoms with van der Waals surface area (Å²) >= 11 is 6.03. The zero-order chi connectivity index (χ0) is 19.4. The predicted octanol–water partition coefficient (Wildman–Crippen LogP) is 3.79. The fourth-order valence-corrected chi connectivity index (χ4v) is 2.94. The standard InChI is InChI=1S/C20H20ClN3O3/c1-23(13-16(26-2)12-18(25)27-3)20-19(14-7-9-15(21)10-8-14)22-17-6-4-5-11-24(17)20/h4-12H,13H2,1-3H3/b16-12-. The average molecular weight is 386 g/mol. The van der Waals surface area contributed by atoms with Gasteiger partial charge in [-0.05, 0) is 24.3 Å². The molecule has 0 fully saturated rings. The second kappa shape index (κ2) is 8.14. The van der Waals surface area contributed by atoms with E-state index in [1.165, 1.54) is 20.3 Å². The molecule has 0 saturated heterocycles. The number of likely N-dealkylation sites (N-methyl/N-ethyl adjacent to an activating group) is 1. The quantitative estimate of drug-likeness (QED) is 0.367. The second-order valence-corrected chi connectivity index (χ2v) is 6.35. The molecule has 0 atom stereocenters. The number of carbonyl (C=O) groups is 1. The molecule has 2 heterocycles. The number of ether oxygens (including phenoxy) is 2. The zero-order valence-corrected chi connectivity index (χ0v) is 16.1. The van der Waals surface area contributed by atoms with Crippen LogP contribution in [0, 0.1) is 0 Å². The molecule has 6 nitrogen and oxygen atoms in total. The van der Waals surface area contributed by atoms with E-state index >= 15 is 0 Å². The Hall–Kier alpha value is -2.99. The highest BCUT2D eigenvalue weighted by Crippen LogP contribution is 2.32. The maximum absolute atomic E-state index is 11.6. The van der Waals surface area contributed by atoms with Gasteiger partial charge in [-0.2, -0.15) is 0 Å². The summed E-state index contributed by atoms with van der Waals surface area (Å²) in [5.41, 5.74) is 2.58. The van der Waals surface area contributed by atoms with E-state index in [-0.39, 0.29) is 0 Å². The average Bonchev–Trinajstić information content (AvgIpc) is 3.07. The van der Waals surface area contributed by atoms with Crippen LogP contribution in [0.2, 0.25) is 5.02 Å². The molecule has 0 unspecified atom stereocenters. The Morgan fingerprint density at radius 1 is 1.19 bits per heavy atom. The summed E-state index contributed by atoms with van der Waals surface area (Å²) in [5, 5.41) is 0.667. The number of aromatic nitrogens is 2. The molecule has 0 amide bonds. The number of rotatable bonds is 6. The van der Waals surface area contributed by atoms with Gasteiger partial charge in [0.1, 0.15) is 22.9 Å². The van der Waals surface area contributed by atoms with E-state index in [2.05, 4.69) is 4.74 Å². The fraction of sp³-hybridized carbons (Fsp3) is 0.200. The van der Waals surface area contributed by atoms with Gasteiger partial charge in [-0.1, -0.05) is 29.8 Å². The molecule has 3 rings (SSSR count). The number of imidazole rings is 1. The maximum Gasteiger partial charge on any atom is 0.333 e. The van der Waals surface area contributed by atoms with Crippen LogP contribution in [0.5, 0.6) is 0 Å². The van der Waals surface area contributed by atoms with Gasteiger partial charge in [0.15, 0.2) is 0 Å². The molecule has 0 N–H and O–H groups in total. The highest BCUT2D eigenvalue weighted by molar-refractivity contribution is 6.30. The van der Waals surface area contributed by atoms with Crippen LogP contribution >= 0.6 is 11.6 Å². The van der Waals surface area contributed by atoms with Gasteiger partial charge < -0.3 is 14.4 Å². The predicted molar refractivity (Wildman–Crippen MR) is 106 cm³/mol. The van der Waals surface area contributed by atoms with Crippen molar-refractivity contribution in [2.45, 2.75) is 0 Å². The third kappa shape index (κ3) is 4.06. The number of esters is 1. The molecule has 2 aromatic heterocycles. The zero-order valence-electron chi connectivity index (χ0n) is 15.3. The Bertz CT molecular complexity index is 980. The Morgan fingerprint density at radius 2 is 1.93 bits per heavy atom. The highest BCUT2D eigenvalue weighted by atomic mass is 35.5. The van der Waals surface area contributed by atoms with Crippen molar-refractivity contribution in [3.63, 3.8) is 0 Å². The molecule has 27 heavy (non-hydrogen) atoms. The topological polar surface area (TPSA) is 56.1 Å². The number of benzene rings is 1. The lowest BCUT2D eigenvalue weighted by Crippen LogP contribution is -2.23. The number of methoxy groups -OCH3 is 2. The van der Waals surface area contributed by atoms with Gasteiger partial charge in [0, 0.05) is 23.8 Å². The van der Waals surface area contributed by atoms with E-state index in [0.717, 1.165) is 22.7 Å². The molecule has 0 saturated carbocycles. The fourth-order valence-electron chi connectivity index (χ4n) is 2.82. The maximum atomic E-state index is 11.6. The molecular formula is C20H20ClN3O3. The Morgan fingerprint density at radius 3 is 2.59 bits per heavy atom. The van der Waals surface area contributed by atoms with Crippen LogP contribution in [0.25, 0.3) is 16.9 Å². The third-order valence-electron chi connectivity index (χ3n) is 4.12. The molecule has 0 aliphatic rings. The minimum absolute atomic E-state index is 0.370. The molecule has 0 aliphatic heterocycles. The number of anilines is 1. The van der Waals surface area contributed by atoms with Crippen molar-refractivity contribution in [2.24, 2.45) is 0 Å². The first-order valence-electron chi connectivity index (χ1n) is 8.30. The summed E-state index contributed by atoms with van der Waals surface area (Å²) in [7, 11) is 4.77. The smallest absolute Gasteiger partial charge is 0.333 e. The number of nitrogens with zero attached hydrogens (tertiary/aromatic N) is 3. The number of carbonyl (C=O) groups excluding carboxylic acids is 1. The number of pyridine rings is 1. The van der Waals surface area contributed by atoms with Crippen LogP contribution in [0.15, 0.2) is 60.5 Å². The van der Waals surface area contributed by atoms with Gasteiger partial charge in [0.2, 0.25) is 0 Å². The lowest BCUT2D eigenvalue weighted by atomic mass is 10.1. The van der Waals surface area contributed by atoms with E-state index in [0.29, 0.717) is 17.3 Å². The molecule has 0 bridgehead atoms. The summed E-state index contributed by atoms with van der Waals surface area (Å²) < 4.78 is 12.0. The first-order valence-corrected chi connectivity index (χ1v) is 8.68. The molecule has 0 radical (unpaired) electrons. The molecule has 0 spiro atoms. The Balaban J connectivity index is 2.06. The highest BCUT2D eigenvalue weighted by Gasteiger charge is 2.19. The summed E-state index contributed by atoms with van der Waals surface area (Å²) in [6, 6.07) is 13.4. The van der Waals surface area contributed by atoms with Gasteiger partial charge in [-0.15, -0.1) is 0 Å². The van der Waals surface area contributed by atoms with E-state index in [9.17, 15) is 4.79 Å². The van der Waals surface area contributed by atoms with Crippen LogP contribution in [-0.2, 0) is 14.3 Å². The van der Waals surface area contributed by atoms with Crippen LogP contribution in [-0.4, -0.2) is 43.2 Å². The van der Waals surface area contributed by atoms with E-state index in [1.807, 2.05) is 65.0 Å². The van der Waals surface area contributed by atoms with E-state index in [1.54, 1.807) is 0 Å². The molecule has 7 heteroatoms. The molecular weight excluding hydrogens is 366 g/mol. The van der Waals surface area contributed by atoms with Crippen molar-refractivity contribution >= 4 is 29.0 Å². The van der Waals surface area contributed by atoms with Gasteiger partial charge in [0.25, 0.3) is 0 Å². The van der Waals surface area contributed by atoms with Gasteiger partial charge in [0.05, 0.1) is 26.8 Å². The van der Waals surface area contributed by atoms with Crippen molar-refractivity contribution in [1.29, 1.82) is 0 Å². The first-order chi connectivity index (χ1) is 13.0. The molecule has 1 aromatic carbocycles. The van der Waals surface area contributed by atoms with E-state index < -0.39 is 5.97 Å². The SMILES string of the molecule is COC(=O)/C=C(/CN(C)c1c(-c2ccc(Cl)cc2)nc2ccccn12)OC. The monoisotopic (exact) mass is 385 g/mol. The van der Waals surface area contributed by atoms with Crippen LogP contribution in [0.3, 0.4) is 0 Å². The van der Waals surface area contributed by atoms with Crippen LogP contribution in [0.1, 0.15) is 0 Å². The second-order valence-electron chi connectivity index (χ2n) is 5.91. The lowest BCUT2D eigenvalue weighted by Gasteiger charge is -2.21. The number of hydrogen-bond acceptors (Lipinski definition) is 5. The van der Waals surface area contributed by atoms with Crippen molar-refractivity contribution in [3.05, 3.63) is 65.5 Å². The Kier molecular flexibility index (Phi) is 5.66. The summed E-state index contributed by atoms with van der Waals surface area (Å²) in [4.78, 5) is 18.3. The van der Waals surface area contributed by atoms with Crippen LogP contribution in [0.4, 0.5) is 5.82 Å².